The molecule has 2 aromatic carbocycles. The maximum absolute atomic E-state index is 14.1. The van der Waals surface area contributed by atoms with Gasteiger partial charge in [0.05, 0.1) is 11.9 Å². The Morgan fingerprint density at radius 3 is 2.17 bits per heavy atom. The topological polar surface area (TPSA) is 84.5 Å². The molecular formula is C20H23F3N2O4S. The molecule has 0 aliphatic carbocycles. The van der Waals surface area contributed by atoms with Crippen molar-refractivity contribution in [1.82, 2.24) is 5.32 Å². The number of alkyl halides is 2. The van der Waals surface area contributed by atoms with Crippen molar-refractivity contribution in [3.05, 3.63) is 59.4 Å². The number of hydrogen-bond acceptors (Lipinski definition) is 4. The van der Waals surface area contributed by atoms with Crippen LogP contribution in [0.15, 0.2) is 42.5 Å². The summed E-state index contributed by atoms with van der Waals surface area (Å²) in [5.41, 5.74) is 0.615. The van der Waals surface area contributed by atoms with Crippen LogP contribution in [0.25, 0.3) is 0 Å². The first-order valence-electron chi connectivity index (χ1n) is 8.89. The second-order valence-electron chi connectivity index (χ2n) is 7.76. The number of nitrogens with one attached hydrogen (secondary N) is 2. The Balaban J connectivity index is 2.00. The van der Waals surface area contributed by atoms with Crippen molar-refractivity contribution in [2.75, 3.05) is 11.0 Å². The highest BCUT2D eigenvalue weighted by molar-refractivity contribution is 7.92. The summed E-state index contributed by atoms with van der Waals surface area (Å²) in [5, 5.41) is 1.97. The van der Waals surface area contributed by atoms with E-state index >= 15 is 0 Å². The van der Waals surface area contributed by atoms with Gasteiger partial charge in [0.2, 0.25) is 10.0 Å². The fraction of sp³-hybridized carbons (Fsp3) is 0.350. The number of halogens is 3. The monoisotopic (exact) mass is 444 g/mol. The largest absolute Gasteiger partial charge is 0.482 e. The average molecular weight is 444 g/mol. The van der Waals surface area contributed by atoms with Crippen molar-refractivity contribution in [2.24, 2.45) is 0 Å². The fourth-order valence-corrected chi connectivity index (χ4v) is 3.02. The first-order valence-corrected chi connectivity index (χ1v) is 10.8. The highest BCUT2D eigenvalue weighted by Gasteiger charge is 2.42. The number of hydrogen-bond donors (Lipinski definition) is 2. The third-order valence-corrected chi connectivity index (χ3v) is 4.60. The summed E-state index contributed by atoms with van der Waals surface area (Å²) < 4.78 is 70.9. The first-order chi connectivity index (χ1) is 13.7. The van der Waals surface area contributed by atoms with E-state index in [0.29, 0.717) is 0 Å². The minimum absolute atomic E-state index is 0.158. The number of benzene rings is 2. The van der Waals surface area contributed by atoms with Gasteiger partial charge in [-0.25, -0.2) is 12.8 Å². The standard InChI is InChI=1S/C20H23F3N2O4S/c1-19(2,3)14-6-8-15(9-7-14)29-20(22,23)18(26)24-12-13-5-10-17(16(21)11-13)25-30(4,27)28/h5-11,25H,12H2,1-4H3,(H,24,26). The lowest BCUT2D eigenvalue weighted by atomic mass is 9.87. The molecule has 0 saturated carbocycles. The zero-order chi connectivity index (χ0) is 22.7. The van der Waals surface area contributed by atoms with E-state index in [4.69, 9.17) is 0 Å². The van der Waals surface area contributed by atoms with Crippen LogP contribution in [0.5, 0.6) is 5.75 Å². The highest BCUT2D eigenvalue weighted by Crippen LogP contribution is 2.27. The Morgan fingerprint density at radius 2 is 1.67 bits per heavy atom. The Bertz CT molecular complexity index is 1020. The van der Waals surface area contributed by atoms with Gasteiger partial charge in [0.25, 0.3) is 0 Å². The molecule has 2 N–H and O–H groups in total. The molecule has 6 nitrogen and oxygen atoms in total. The van der Waals surface area contributed by atoms with Crippen molar-refractivity contribution >= 4 is 21.6 Å². The van der Waals surface area contributed by atoms with Crippen molar-refractivity contribution in [3.8, 4) is 5.75 Å². The molecular weight excluding hydrogens is 421 g/mol. The normalized spacial score (nSPS) is 12.4. The molecule has 2 aromatic rings. The van der Waals surface area contributed by atoms with E-state index < -0.39 is 34.4 Å². The molecule has 0 atom stereocenters. The molecule has 0 heterocycles. The molecule has 1 amide bonds. The first kappa shape index (κ1) is 23.5. The number of amides is 1. The number of anilines is 1. The lowest BCUT2D eigenvalue weighted by Crippen LogP contribution is -2.44. The van der Waals surface area contributed by atoms with Crippen molar-refractivity contribution < 1.29 is 31.1 Å². The average Bonchev–Trinajstić information content (AvgIpc) is 2.60. The number of rotatable bonds is 7. The van der Waals surface area contributed by atoms with E-state index in [-0.39, 0.29) is 22.4 Å². The van der Waals surface area contributed by atoms with Crippen LogP contribution in [0, 0.1) is 5.82 Å². The van der Waals surface area contributed by atoms with Gasteiger partial charge in [-0.15, -0.1) is 0 Å². The van der Waals surface area contributed by atoms with E-state index in [1.807, 2.05) is 30.8 Å². The lowest BCUT2D eigenvalue weighted by Gasteiger charge is -2.21. The number of ether oxygens (including phenoxy) is 1. The minimum atomic E-state index is -4.14. The molecule has 0 unspecified atom stereocenters. The number of sulfonamides is 1. The van der Waals surface area contributed by atoms with Crippen LogP contribution in [0.2, 0.25) is 0 Å². The molecule has 2 rings (SSSR count). The van der Waals surface area contributed by atoms with Gasteiger partial charge < -0.3 is 10.1 Å². The summed E-state index contributed by atoms with van der Waals surface area (Å²) in [7, 11) is -3.67. The maximum Gasteiger partial charge on any atom is 0.482 e. The van der Waals surface area contributed by atoms with Gasteiger partial charge in [-0.05, 0) is 40.8 Å². The molecule has 0 aromatic heterocycles. The summed E-state index contributed by atoms with van der Waals surface area (Å²) in [5.74, 6) is -2.78. The van der Waals surface area contributed by atoms with Gasteiger partial charge in [0, 0.05) is 6.54 Å². The van der Waals surface area contributed by atoms with Crippen LogP contribution in [-0.2, 0) is 26.8 Å². The van der Waals surface area contributed by atoms with Crippen LogP contribution in [0.3, 0.4) is 0 Å². The molecule has 0 spiro atoms. The predicted octanol–water partition coefficient (Wildman–Crippen LogP) is 3.78. The summed E-state index contributed by atoms with van der Waals surface area (Å²) in [4.78, 5) is 11.8. The summed E-state index contributed by atoms with van der Waals surface area (Å²) in [6, 6.07) is 9.33. The third-order valence-electron chi connectivity index (χ3n) is 4.01. The Hall–Kier alpha value is -2.75. The van der Waals surface area contributed by atoms with E-state index in [9.17, 15) is 26.4 Å². The van der Waals surface area contributed by atoms with Gasteiger partial charge in [0.15, 0.2) is 0 Å². The Kier molecular flexibility index (Phi) is 6.70. The molecule has 10 heteroatoms. The molecule has 0 aliphatic heterocycles. The molecule has 30 heavy (non-hydrogen) atoms. The van der Waals surface area contributed by atoms with Crippen LogP contribution < -0.4 is 14.8 Å². The van der Waals surface area contributed by atoms with Gasteiger partial charge >= 0.3 is 12.0 Å². The quantitative estimate of drug-likeness (QED) is 0.681. The minimum Gasteiger partial charge on any atom is -0.425 e. The SMILES string of the molecule is CC(C)(C)c1ccc(OC(F)(F)C(=O)NCc2ccc(NS(C)(=O)=O)c(F)c2)cc1. The van der Waals surface area contributed by atoms with E-state index in [1.54, 1.807) is 12.1 Å². The molecule has 0 radical (unpaired) electrons. The van der Waals surface area contributed by atoms with Crippen molar-refractivity contribution in [3.63, 3.8) is 0 Å². The predicted molar refractivity (Wildman–Crippen MR) is 107 cm³/mol. The fourth-order valence-electron chi connectivity index (χ4n) is 2.45. The highest BCUT2D eigenvalue weighted by atomic mass is 32.2. The summed E-state index contributed by atoms with van der Waals surface area (Å²) in [6.07, 6.45) is -3.28. The maximum atomic E-state index is 14.1. The van der Waals surface area contributed by atoms with Crippen LogP contribution >= 0.6 is 0 Å². The van der Waals surface area contributed by atoms with Crippen molar-refractivity contribution in [1.29, 1.82) is 0 Å². The second kappa shape index (κ2) is 8.55. The van der Waals surface area contributed by atoms with E-state index in [0.717, 1.165) is 24.0 Å². The summed E-state index contributed by atoms with van der Waals surface area (Å²) >= 11 is 0. The Morgan fingerprint density at radius 1 is 1.07 bits per heavy atom. The molecule has 0 bridgehead atoms. The lowest BCUT2D eigenvalue weighted by molar-refractivity contribution is -0.193. The van der Waals surface area contributed by atoms with Gasteiger partial charge in [-0.2, -0.15) is 8.78 Å². The molecule has 164 valence electrons. The van der Waals surface area contributed by atoms with Gasteiger partial charge in [-0.3, -0.25) is 9.52 Å². The zero-order valence-corrected chi connectivity index (χ0v) is 17.7. The van der Waals surface area contributed by atoms with Crippen LogP contribution in [-0.4, -0.2) is 26.7 Å². The number of carbonyl (C=O) groups excluding carboxylic acids is 1. The third kappa shape index (κ3) is 6.65. The van der Waals surface area contributed by atoms with E-state index in [1.165, 1.54) is 18.2 Å². The van der Waals surface area contributed by atoms with Gasteiger partial charge in [-0.1, -0.05) is 39.0 Å². The van der Waals surface area contributed by atoms with Crippen LogP contribution in [0.4, 0.5) is 18.9 Å². The van der Waals surface area contributed by atoms with Crippen molar-refractivity contribution in [2.45, 2.75) is 38.8 Å². The second-order valence-corrected chi connectivity index (χ2v) is 9.51. The number of carbonyl (C=O) groups is 1. The zero-order valence-electron chi connectivity index (χ0n) is 16.9. The molecule has 0 aliphatic rings. The smallest absolute Gasteiger partial charge is 0.425 e. The summed E-state index contributed by atoms with van der Waals surface area (Å²) in [6.45, 7) is 5.50. The molecule has 0 fully saturated rings. The van der Waals surface area contributed by atoms with E-state index in [2.05, 4.69) is 4.74 Å². The Labute approximate surface area is 173 Å². The van der Waals surface area contributed by atoms with Gasteiger partial charge in [0.1, 0.15) is 11.6 Å². The van der Waals surface area contributed by atoms with Crippen LogP contribution in [0.1, 0.15) is 31.9 Å². The molecule has 0 saturated heterocycles.